The Hall–Kier alpha value is -3.48. The summed E-state index contributed by atoms with van der Waals surface area (Å²) in [6.45, 7) is 2.26. The van der Waals surface area contributed by atoms with E-state index in [0.717, 1.165) is 6.42 Å². The van der Waals surface area contributed by atoms with Crippen molar-refractivity contribution in [2.45, 2.75) is 13.3 Å². The van der Waals surface area contributed by atoms with Gasteiger partial charge >= 0.3 is 5.97 Å². The molecule has 0 unspecified atom stereocenters. The number of carbonyl (C=O) groups excluding carboxylic acids is 2. The minimum Gasteiger partial charge on any atom is -0.462 e. The third kappa shape index (κ3) is 5.27. The Balaban J connectivity index is 2.00. The summed E-state index contributed by atoms with van der Waals surface area (Å²) >= 11 is 0. The molecule has 0 radical (unpaired) electrons. The molecule has 7 nitrogen and oxygen atoms in total. The lowest BCUT2D eigenvalue weighted by Crippen LogP contribution is -2.09. The van der Waals surface area contributed by atoms with Crippen molar-refractivity contribution in [2.75, 3.05) is 11.9 Å². The van der Waals surface area contributed by atoms with Crippen LogP contribution in [-0.4, -0.2) is 23.4 Å². The summed E-state index contributed by atoms with van der Waals surface area (Å²) in [5, 5.41) is 13.6. The summed E-state index contributed by atoms with van der Waals surface area (Å²) in [7, 11) is 0. The van der Waals surface area contributed by atoms with E-state index in [9.17, 15) is 19.7 Å². The zero-order chi connectivity index (χ0) is 18.9. The number of nitrogens with one attached hydrogen (secondary N) is 1. The molecule has 0 saturated carbocycles. The average Bonchev–Trinajstić information content (AvgIpc) is 2.65. The third-order valence-electron chi connectivity index (χ3n) is 3.37. The topological polar surface area (TPSA) is 98.5 Å². The number of nitro groups is 1. The Morgan fingerprint density at radius 2 is 1.85 bits per heavy atom. The maximum absolute atomic E-state index is 12.0. The first-order chi connectivity index (χ1) is 12.5. The lowest BCUT2D eigenvalue weighted by molar-refractivity contribution is -0.385. The predicted molar refractivity (Wildman–Crippen MR) is 97.8 cm³/mol. The number of esters is 1. The fourth-order valence-electron chi connectivity index (χ4n) is 2.11. The number of benzene rings is 2. The van der Waals surface area contributed by atoms with E-state index in [0.29, 0.717) is 23.4 Å². The third-order valence-corrected chi connectivity index (χ3v) is 3.37. The smallest absolute Gasteiger partial charge is 0.338 e. The average molecular weight is 354 g/mol. The number of amides is 1. The largest absolute Gasteiger partial charge is 0.462 e. The lowest BCUT2D eigenvalue weighted by Gasteiger charge is -2.05. The molecule has 2 aromatic rings. The van der Waals surface area contributed by atoms with Gasteiger partial charge in [0.1, 0.15) is 0 Å². The van der Waals surface area contributed by atoms with Crippen molar-refractivity contribution in [2.24, 2.45) is 0 Å². The predicted octanol–water partition coefficient (Wildman–Crippen LogP) is 3.81. The molecule has 2 rings (SSSR count). The molecule has 0 aliphatic heterocycles. The van der Waals surface area contributed by atoms with Gasteiger partial charge in [0.2, 0.25) is 5.91 Å². The van der Waals surface area contributed by atoms with E-state index < -0.39 is 16.8 Å². The number of nitro benzene ring substituents is 1. The van der Waals surface area contributed by atoms with Crippen LogP contribution in [0.4, 0.5) is 11.4 Å². The lowest BCUT2D eigenvalue weighted by atomic mass is 10.1. The van der Waals surface area contributed by atoms with Crippen LogP contribution in [0.25, 0.3) is 6.08 Å². The fraction of sp³-hybridized carbons (Fsp3) is 0.158. The highest BCUT2D eigenvalue weighted by atomic mass is 16.6. The molecule has 0 heterocycles. The van der Waals surface area contributed by atoms with Crippen molar-refractivity contribution in [1.82, 2.24) is 0 Å². The standard InChI is InChI=1S/C19H18N2O5/c1-2-13-26-19(23)15-7-10-16(11-8-15)20-18(22)12-9-14-5-3-4-6-17(14)21(24)25/h3-12H,2,13H2,1H3,(H,20,22). The fourth-order valence-corrected chi connectivity index (χ4v) is 2.11. The molecule has 0 fully saturated rings. The van der Waals surface area contributed by atoms with Gasteiger partial charge in [0.05, 0.1) is 22.7 Å². The monoisotopic (exact) mass is 354 g/mol. The summed E-state index contributed by atoms with van der Waals surface area (Å²) in [6.07, 6.45) is 3.33. The molecule has 1 amide bonds. The Morgan fingerprint density at radius 3 is 2.50 bits per heavy atom. The quantitative estimate of drug-likeness (QED) is 0.353. The number of hydrogen-bond acceptors (Lipinski definition) is 5. The minimum atomic E-state index is -0.506. The highest BCUT2D eigenvalue weighted by Crippen LogP contribution is 2.19. The van der Waals surface area contributed by atoms with E-state index in [2.05, 4.69) is 5.32 Å². The molecule has 1 N–H and O–H groups in total. The summed E-state index contributed by atoms with van der Waals surface area (Å²) in [6, 6.07) is 12.4. The number of nitrogens with zero attached hydrogens (tertiary/aromatic N) is 1. The van der Waals surface area contributed by atoms with Crippen LogP contribution in [0.5, 0.6) is 0 Å². The van der Waals surface area contributed by atoms with Crippen LogP contribution in [0.15, 0.2) is 54.6 Å². The molecule has 0 bridgehead atoms. The number of carbonyl (C=O) groups is 2. The van der Waals surface area contributed by atoms with Crippen molar-refractivity contribution in [3.63, 3.8) is 0 Å². The highest BCUT2D eigenvalue weighted by Gasteiger charge is 2.10. The van der Waals surface area contributed by atoms with Gasteiger partial charge in [0.15, 0.2) is 0 Å². The first-order valence-electron chi connectivity index (χ1n) is 8.01. The summed E-state index contributed by atoms with van der Waals surface area (Å²) < 4.78 is 5.02. The van der Waals surface area contributed by atoms with Crippen molar-refractivity contribution in [1.29, 1.82) is 0 Å². The Bertz CT molecular complexity index is 828. The molecule has 134 valence electrons. The van der Waals surface area contributed by atoms with Gasteiger partial charge in [-0.2, -0.15) is 0 Å². The van der Waals surface area contributed by atoms with Crippen molar-refractivity contribution < 1.29 is 19.2 Å². The van der Waals surface area contributed by atoms with Gasteiger partial charge in [-0.3, -0.25) is 14.9 Å². The molecule has 0 spiro atoms. The first kappa shape index (κ1) is 18.9. The molecular formula is C19H18N2O5. The summed E-state index contributed by atoms with van der Waals surface area (Å²) in [5.74, 6) is -0.856. The number of anilines is 1. The molecular weight excluding hydrogens is 336 g/mol. The van der Waals surface area contributed by atoms with Gasteiger partial charge in [0, 0.05) is 17.8 Å². The second kappa shape index (κ2) is 9.12. The maximum Gasteiger partial charge on any atom is 0.338 e. The summed E-state index contributed by atoms with van der Waals surface area (Å²) in [4.78, 5) is 34.1. The van der Waals surface area contributed by atoms with Crippen LogP contribution in [-0.2, 0) is 9.53 Å². The maximum atomic E-state index is 12.0. The van der Waals surface area contributed by atoms with Crippen molar-refractivity contribution >= 4 is 29.3 Å². The van der Waals surface area contributed by atoms with Gasteiger partial charge < -0.3 is 10.1 Å². The van der Waals surface area contributed by atoms with E-state index in [1.807, 2.05) is 6.92 Å². The van der Waals surface area contributed by atoms with Crippen LogP contribution >= 0.6 is 0 Å². The van der Waals surface area contributed by atoms with Gasteiger partial charge in [-0.1, -0.05) is 19.1 Å². The number of para-hydroxylation sites is 1. The molecule has 0 aliphatic carbocycles. The number of rotatable bonds is 7. The second-order valence-corrected chi connectivity index (χ2v) is 5.35. The molecule has 0 saturated heterocycles. The summed E-state index contributed by atoms with van der Waals surface area (Å²) in [5.41, 5.74) is 1.15. The second-order valence-electron chi connectivity index (χ2n) is 5.35. The Morgan fingerprint density at radius 1 is 1.15 bits per heavy atom. The van der Waals surface area contributed by atoms with E-state index >= 15 is 0 Å². The number of hydrogen-bond donors (Lipinski definition) is 1. The SMILES string of the molecule is CCCOC(=O)c1ccc(NC(=O)C=Cc2ccccc2[N+](=O)[O-])cc1. The minimum absolute atomic E-state index is 0.0773. The zero-order valence-corrected chi connectivity index (χ0v) is 14.2. The van der Waals surface area contributed by atoms with E-state index in [1.165, 1.54) is 18.2 Å². The zero-order valence-electron chi connectivity index (χ0n) is 14.2. The van der Waals surface area contributed by atoms with E-state index in [1.54, 1.807) is 42.5 Å². The van der Waals surface area contributed by atoms with Crippen molar-refractivity contribution in [3.8, 4) is 0 Å². The number of ether oxygens (including phenoxy) is 1. The van der Waals surface area contributed by atoms with Crippen LogP contribution in [0.1, 0.15) is 29.3 Å². The van der Waals surface area contributed by atoms with Gasteiger partial charge in [0.25, 0.3) is 5.69 Å². The van der Waals surface area contributed by atoms with Crippen LogP contribution < -0.4 is 5.32 Å². The van der Waals surface area contributed by atoms with E-state index in [4.69, 9.17) is 4.74 Å². The molecule has 0 aliphatic rings. The van der Waals surface area contributed by atoms with Crippen molar-refractivity contribution in [3.05, 3.63) is 75.8 Å². The molecule has 7 heteroatoms. The normalized spacial score (nSPS) is 10.5. The highest BCUT2D eigenvalue weighted by molar-refractivity contribution is 6.02. The molecule has 26 heavy (non-hydrogen) atoms. The van der Waals surface area contributed by atoms with Crippen LogP contribution in [0.2, 0.25) is 0 Å². The molecule has 0 aromatic heterocycles. The van der Waals surface area contributed by atoms with Crippen LogP contribution in [0.3, 0.4) is 0 Å². The molecule has 0 atom stereocenters. The van der Waals surface area contributed by atoms with Gasteiger partial charge in [-0.05, 0) is 42.8 Å². The van der Waals surface area contributed by atoms with E-state index in [-0.39, 0.29) is 5.69 Å². The van der Waals surface area contributed by atoms with Gasteiger partial charge in [-0.25, -0.2) is 4.79 Å². The van der Waals surface area contributed by atoms with Crippen LogP contribution in [0, 0.1) is 10.1 Å². The Labute approximate surface area is 150 Å². The van der Waals surface area contributed by atoms with Gasteiger partial charge in [-0.15, -0.1) is 0 Å². The Kier molecular flexibility index (Phi) is 6.61. The molecule has 2 aromatic carbocycles. The first-order valence-corrected chi connectivity index (χ1v) is 8.01.